The molecule has 0 radical (unpaired) electrons. The van der Waals surface area contributed by atoms with Gasteiger partial charge in [-0.2, -0.15) is 0 Å². The maximum absolute atomic E-state index is 12.8. The molecule has 4 unspecified atom stereocenters. The molecular formula is C22H25N2O3S-. The Bertz CT molecular complexity index is 874. The number of amides is 1. The fraction of sp³-hybridized carbons (Fsp3) is 0.500. The van der Waals surface area contributed by atoms with Gasteiger partial charge >= 0.3 is 0 Å². The molecule has 0 aliphatic heterocycles. The van der Waals surface area contributed by atoms with Crippen LogP contribution in [0.4, 0.5) is 5.13 Å². The standard InChI is InChI=1S/C22H26N2O3S/c1-12(2)9-13-3-5-14(6-4-13)17-11-28-22(23-17)24-20(25)18-15-7-8-16(10-15)19(18)21(26)27/h3-6,11-12,15-16,18-19H,7-10H2,1-2H3,(H,26,27)(H,23,24,25)/p-1. The van der Waals surface area contributed by atoms with Crippen molar-refractivity contribution in [2.75, 3.05) is 5.32 Å². The highest BCUT2D eigenvalue weighted by Gasteiger charge is 2.51. The van der Waals surface area contributed by atoms with Gasteiger partial charge in [0.05, 0.1) is 5.69 Å². The lowest BCUT2D eigenvalue weighted by Crippen LogP contribution is -2.43. The van der Waals surface area contributed by atoms with Crippen molar-refractivity contribution in [3.8, 4) is 11.3 Å². The number of fused-ring (bicyclic) bond motifs is 2. The summed E-state index contributed by atoms with van der Waals surface area (Å²) in [5.74, 6) is -1.62. The number of carboxylic acids is 1. The Morgan fingerprint density at radius 3 is 2.50 bits per heavy atom. The fourth-order valence-corrected chi connectivity index (χ4v) is 5.67. The van der Waals surface area contributed by atoms with Gasteiger partial charge in [-0.1, -0.05) is 38.1 Å². The second-order valence-electron chi connectivity index (χ2n) is 8.53. The molecule has 2 aliphatic carbocycles. The summed E-state index contributed by atoms with van der Waals surface area (Å²) in [6, 6.07) is 8.35. The number of hydrogen-bond acceptors (Lipinski definition) is 5. The Kier molecular flexibility index (Phi) is 5.23. The zero-order chi connectivity index (χ0) is 19.8. The molecule has 1 N–H and O–H groups in total. The molecule has 1 amide bonds. The molecule has 4 rings (SSSR count). The fourth-order valence-electron chi connectivity index (χ4n) is 4.94. The minimum absolute atomic E-state index is 0.0851. The van der Waals surface area contributed by atoms with Crippen LogP contribution in [-0.2, 0) is 16.0 Å². The quantitative estimate of drug-likeness (QED) is 0.810. The number of rotatable bonds is 6. The number of anilines is 1. The first-order valence-electron chi connectivity index (χ1n) is 9.99. The first-order chi connectivity index (χ1) is 13.4. The van der Waals surface area contributed by atoms with Crippen molar-refractivity contribution in [1.82, 2.24) is 4.98 Å². The minimum Gasteiger partial charge on any atom is -0.550 e. The largest absolute Gasteiger partial charge is 0.550 e. The first-order valence-corrected chi connectivity index (χ1v) is 10.9. The van der Waals surface area contributed by atoms with Crippen LogP contribution in [0.25, 0.3) is 11.3 Å². The van der Waals surface area contributed by atoms with E-state index in [1.807, 2.05) is 5.38 Å². The maximum Gasteiger partial charge on any atom is 0.230 e. The third-order valence-corrected chi connectivity index (χ3v) is 6.88. The second kappa shape index (κ2) is 7.66. The molecule has 1 aromatic heterocycles. The molecule has 0 spiro atoms. The summed E-state index contributed by atoms with van der Waals surface area (Å²) in [7, 11) is 0. The van der Waals surface area contributed by atoms with Gasteiger partial charge in [0.2, 0.25) is 5.91 Å². The number of carboxylic acid groups (broad SMARTS) is 1. The molecule has 2 aliphatic rings. The van der Waals surface area contributed by atoms with Crippen LogP contribution in [0.15, 0.2) is 29.6 Å². The smallest absolute Gasteiger partial charge is 0.230 e. The molecule has 6 heteroatoms. The van der Waals surface area contributed by atoms with E-state index in [1.165, 1.54) is 16.9 Å². The predicted octanol–water partition coefficient (Wildman–Crippen LogP) is 3.36. The third-order valence-electron chi connectivity index (χ3n) is 6.12. The zero-order valence-electron chi connectivity index (χ0n) is 16.2. The number of thiazole rings is 1. The van der Waals surface area contributed by atoms with Gasteiger partial charge in [0, 0.05) is 28.7 Å². The Morgan fingerprint density at radius 1 is 1.18 bits per heavy atom. The van der Waals surface area contributed by atoms with Crippen LogP contribution in [0.5, 0.6) is 0 Å². The summed E-state index contributed by atoms with van der Waals surface area (Å²) in [6.45, 7) is 4.40. The van der Waals surface area contributed by atoms with Crippen molar-refractivity contribution in [1.29, 1.82) is 0 Å². The summed E-state index contributed by atoms with van der Waals surface area (Å²) in [5, 5.41) is 16.8. The highest BCUT2D eigenvalue weighted by atomic mass is 32.1. The molecule has 28 heavy (non-hydrogen) atoms. The van der Waals surface area contributed by atoms with Crippen molar-refractivity contribution in [3.63, 3.8) is 0 Å². The predicted molar refractivity (Wildman–Crippen MR) is 108 cm³/mol. The van der Waals surface area contributed by atoms with Crippen molar-refractivity contribution < 1.29 is 14.7 Å². The molecule has 2 bridgehead atoms. The van der Waals surface area contributed by atoms with Gasteiger partial charge in [-0.15, -0.1) is 11.3 Å². The molecule has 4 atom stereocenters. The molecule has 0 saturated heterocycles. The van der Waals surface area contributed by atoms with Gasteiger partial charge in [-0.05, 0) is 49.0 Å². The lowest BCUT2D eigenvalue weighted by molar-refractivity contribution is -0.314. The Labute approximate surface area is 169 Å². The average molecular weight is 398 g/mol. The van der Waals surface area contributed by atoms with E-state index in [1.54, 1.807) is 0 Å². The van der Waals surface area contributed by atoms with Crippen molar-refractivity contribution in [2.24, 2.45) is 29.6 Å². The number of benzene rings is 1. The van der Waals surface area contributed by atoms with Crippen LogP contribution in [0.3, 0.4) is 0 Å². The van der Waals surface area contributed by atoms with Crippen LogP contribution in [-0.4, -0.2) is 16.9 Å². The molecule has 148 valence electrons. The number of aromatic nitrogens is 1. The number of hydrogen-bond donors (Lipinski definition) is 1. The van der Waals surface area contributed by atoms with Crippen LogP contribution in [0, 0.1) is 29.6 Å². The van der Waals surface area contributed by atoms with Crippen molar-refractivity contribution >= 4 is 28.3 Å². The zero-order valence-corrected chi connectivity index (χ0v) is 17.0. The normalized spacial score (nSPS) is 26.0. The van der Waals surface area contributed by atoms with Crippen molar-refractivity contribution in [3.05, 3.63) is 35.2 Å². The number of carbonyl (C=O) groups excluding carboxylic acids is 2. The van der Waals surface area contributed by atoms with E-state index in [4.69, 9.17) is 0 Å². The molecule has 2 fully saturated rings. The van der Waals surface area contributed by atoms with Crippen LogP contribution in [0.2, 0.25) is 0 Å². The molecule has 5 nitrogen and oxygen atoms in total. The SMILES string of the molecule is CC(C)Cc1ccc(-c2csc(NC(=O)C3C4CCC(C4)C3C(=O)[O-])n2)cc1. The number of nitrogens with zero attached hydrogens (tertiary/aromatic N) is 1. The monoisotopic (exact) mass is 397 g/mol. The molecule has 2 saturated carbocycles. The van der Waals surface area contributed by atoms with Gasteiger partial charge < -0.3 is 15.2 Å². The van der Waals surface area contributed by atoms with Crippen LogP contribution < -0.4 is 10.4 Å². The highest BCUT2D eigenvalue weighted by molar-refractivity contribution is 7.14. The molecule has 1 heterocycles. The summed E-state index contributed by atoms with van der Waals surface area (Å²) in [6.07, 6.45) is 3.68. The number of carbonyl (C=O) groups is 2. The van der Waals surface area contributed by atoms with E-state index in [0.29, 0.717) is 11.0 Å². The van der Waals surface area contributed by atoms with E-state index in [-0.39, 0.29) is 17.7 Å². The van der Waals surface area contributed by atoms with Gasteiger partial charge in [0.1, 0.15) is 0 Å². The van der Waals surface area contributed by atoms with Gasteiger partial charge in [0.15, 0.2) is 5.13 Å². The summed E-state index contributed by atoms with van der Waals surface area (Å²) in [4.78, 5) is 28.9. The van der Waals surface area contributed by atoms with E-state index in [0.717, 1.165) is 36.9 Å². The van der Waals surface area contributed by atoms with E-state index >= 15 is 0 Å². The highest BCUT2D eigenvalue weighted by Crippen LogP contribution is 2.52. The first kappa shape index (κ1) is 19.1. The van der Waals surface area contributed by atoms with E-state index in [9.17, 15) is 14.7 Å². The number of aliphatic carboxylic acids is 1. The van der Waals surface area contributed by atoms with Crippen LogP contribution in [0.1, 0.15) is 38.7 Å². The molecule has 1 aromatic carbocycles. The summed E-state index contributed by atoms with van der Waals surface area (Å²) >= 11 is 1.37. The van der Waals surface area contributed by atoms with E-state index in [2.05, 4.69) is 48.4 Å². The lowest BCUT2D eigenvalue weighted by atomic mass is 9.79. The van der Waals surface area contributed by atoms with Crippen LogP contribution >= 0.6 is 11.3 Å². The van der Waals surface area contributed by atoms with E-state index < -0.39 is 17.8 Å². The average Bonchev–Trinajstić information content (AvgIpc) is 3.37. The third kappa shape index (κ3) is 3.70. The Hall–Kier alpha value is -2.21. The van der Waals surface area contributed by atoms with Gasteiger partial charge in [-0.25, -0.2) is 4.98 Å². The molecule has 2 aromatic rings. The molecular weight excluding hydrogens is 372 g/mol. The number of nitrogens with one attached hydrogen (secondary N) is 1. The maximum atomic E-state index is 12.8. The Balaban J connectivity index is 1.45. The van der Waals surface area contributed by atoms with Gasteiger partial charge in [0.25, 0.3) is 0 Å². The topological polar surface area (TPSA) is 82.1 Å². The van der Waals surface area contributed by atoms with Gasteiger partial charge in [-0.3, -0.25) is 4.79 Å². The summed E-state index contributed by atoms with van der Waals surface area (Å²) in [5.41, 5.74) is 3.13. The van der Waals surface area contributed by atoms with Crippen molar-refractivity contribution in [2.45, 2.75) is 39.5 Å². The lowest BCUT2D eigenvalue weighted by Gasteiger charge is -2.30. The second-order valence-corrected chi connectivity index (χ2v) is 9.38. The Morgan fingerprint density at radius 2 is 1.86 bits per heavy atom. The summed E-state index contributed by atoms with van der Waals surface area (Å²) < 4.78 is 0. The minimum atomic E-state index is -1.09.